The van der Waals surface area contributed by atoms with Crippen LogP contribution >= 0.6 is 11.3 Å². The van der Waals surface area contributed by atoms with Gasteiger partial charge in [-0.2, -0.15) is 0 Å². The Morgan fingerprint density at radius 3 is 2.23 bits per heavy atom. The minimum Gasteiger partial charge on any atom is -0.508 e. The van der Waals surface area contributed by atoms with Gasteiger partial charge in [-0.15, -0.1) is 11.3 Å². The molecular formula is C23H27F2N3O2S. The molecule has 0 spiro atoms. The Labute approximate surface area is 185 Å². The summed E-state index contributed by atoms with van der Waals surface area (Å²) in [6, 6.07) is 3.35. The second kappa shape index (κ2) is 9.51. The van der Waals surface area contributed by atoms with Gasteiger partial charge in [0.15, 0.2) is 5.82 Å². The molecule has 1 heterocycles. The highest BCUT2D eigenvalue weighted by atomic mass is 32.1. The van der Waals surface area contributed by atoms with Gasteiger partial charge >= 0.3 is 0 Å². The van der Waals surface area contributed by atoms with Crippen LogP contribution in [0.2, 0.25) is 0 Å². The summed E-state index contributed by atoms with van der Waals surface area (Å²) in [5.41, 5.74) is 8.43. The zero-order valence-electron chi connectivity index (χ0n) is 18.7. The first-order valence-corrected chi connectivity index (χ1v) is 10.5. The Balaban J connectivity index is 2.79. The molecule has 166 valence electrons. The molecule has 0 unspecified atom stereocenters. The molecule has 2 aromatic rings. The van der Waals surface area contributed by atoms with Gasteiger partial charge in [0, 0.05) is 10.5 Å². The lowest BCUT2D eigenvalue weighted by molar-refractivity contribution is -0.114. The average Bonchev–Trinajstić information content (AvgIpc) is 2.99. The minimum absolute atomic E-state index is 0.000128. The number of phenols is 1. The molecule has 0 aliphatic rings. The third kappa shape index (κ3) is 5.07. The average molecular weight is 448 g/mol. The lowest BCUT2D eigenvalue weighted by atomic mass is 9.88. The van der Waals surface area contributed by atoms with Crippen LogP contribution < -0.4 is 5.73 Å². The van der Waals surface area contributed by atoms with E-state index in [1.165, 1.54) is 18.3 Å². The van der Waals surface area contributed by atoms with E-state index in [-0.39, 0.29) is 22.7 Å². The fourth-order valence-electron chi connectivity index (χ4n) is 3.60. The number of carbonyl (C=O) groups is 1. The lowest BCUT2D eigenvalue weighted by Crippen LogP contribution is -2.22. The van der Waals surface area contributed by atoms with E-state index >= 15 is 0 Å². The molecule has 0 atom stereocenters. The predicted octanol–water partition coefficient (Wildman–Crippen LogP) is 5.72. The van der Waals surface area contributed by atoms with Gasteiger partial charge in [-0.25, -0.2) is 18.8 Å². The van der Waals surface area contributed by atoms with Crippen LogP contribution in [0, 0.1) is 27.7 Å². The molecule has 1 amide bonds. The Bertz CT molecular complexity index is 1130. The van der Waals surface area contributed by atoms with E-state index in [2.05, 4.69) is 9.98 Å². The molecule has 0 radical (unpaired) electrons. The van der Waals surface area contributed by atoms with E-state index in [1.807, 2.05) is 6.92 Å². The van der Waals surface area contributed by atoms with Crippen molar-refractivity contribution in [2.75, 3.05) is 0 Å². The largest absolute Gasteiger partial charge is 0.508 e. The highest BCUT2D eigenvalue weighted by molar-refractivity contribution is 7.11. The number of allylic oxidation sites excluding steroid dienone is 2. The first kappa shape index (κ1) is 24.4. The number of aromatic hydroxyl groups is 1. The van der Waals surface area contributed by atoms with Crippen molar-refractivity contribution in [1.82, 2.24) is 4.98 Å². The van der Waals surface area contributed by atoms with E-state index in [0.29, 0.717) is 26.6 Å². The highest BCUT2D eigenvalue weighted by Gasteiger charge is 2.24. The van der Waals surface area contributed by atoms with Crippen LogP contribution in [0.4, 0.5) is 14.6 Å². The third-order valence-electron chi connectivity index (χ3n) is 5.27. The maximum absolute atomic E-state index is 14.0. The van der Waals surface area contributed by atoms with Crippen molar-refractivity contribution in [3.8, 4) is 5.75 Å². The molecule has 8 heteroatoms. The molecule has 1 aromatic carbocycles. The molecule has 0 aliphatic heterocycles. The topological polar surface area (TPSA) is 88.6 Å². The van der Waals surface area contributed by atoms with Crippen molar-refractivity contribution in [1.29, 1.82) is 0 Å². The molecular weight excluding hydrogens is 420 g/mol. The Morgan fingerprint density at radius 1 is 1.13 bits per heavy atom. The van der Waals surface area contributed by atoms with E-state index in [1.54, 1.807) is 46.8 Å². The van der Waals surface area contributed by atoms with Gasteiger partial charge in [-0.3, -0.25) is 4.79 Å². The number of alkyl halides is 2. The van der Waals surface area contributed by atoms with Gasteiger partial charge in [0.2, 0.25) is 5.91 Å². The minimum atomic E-state index is -2.92. The number of aliphatic imine (C=N–C) groups is 1. The molecule has 0 bridgehead atoms. The van der Waals surface area contributed by atoms with E-state index in [9.17, 15) is 18.7 Å². The SMILES string of the molecule is CC(=C(C(N)=O)\C(C)=C(/C)c1c(C)ccc(O)c1C)/C(=N\c1nc(C)sc1C)C(F)F. The smallest absolute Gasteiger partial charge is 0.280 e. The van der Waals surface area contributed by atoms with Crippen LogP contribution in [0.1, 0.15) is 47.3 Å². The third-order valence-corrected chi connectivity index (χ3v) is 6.15. The van der Waals surface area contributed by atoms with Crippen molar-refractivity contribution in [3.05, 3.63) is 55.4 Å². The van der Waals surface area contributed by atoms with Crippen LogP contribution in [0.3, 0.4) is 0 Å². The van der Waals surface area contributed by atoms with Crippen molar-refractivity contribution in [2.24, 2.45) is 10.7 Å². The number of nitrogens with zero attached hydrogens (tertiary/aromatic N) is 2. The Hall–Kier alpha value is -2.87. The van der Waals surface area contributed by atoms with Crippen LogP contribution in [0.5, 0.6) is 5.75 Å². The molecule has 0 saturated carbocycles. The number of amides is 1. The monoisotopic (exact) mass is 447 g/mol. The number of carbonyl (C=O) groups excluding carboxylic acids is 1. The van der Waals surface area contributed by atoms with E-state index in [0.717, 1.165) is 11.1 Å². The second-order valence-electron chi connectivity index (χ2n) is 7.43. The summed E-state index contributed by atoms with van der Waals surface area (Å²) in [6.45, 7) is 12.0. The number of benzene rings is 1. The molecule has 31 heavy (non-hydrogen) atoms. The van der Waals surface area contributed by atoms with Crippen molar-refractivity contribution in [3.63, 3.8) is 0 Å². The molecule has 1 aromatic heterocycles. The van der Waals surface area contributed by atoms with Gasteiger partial charge in [-0.05, 0) is 87.9 Å². The highest BCUT2D eigenvalue weighted by Crippen LogP contribution is 2.34. The molecule has 2 rings (SSSR count). The van der Waals surface area contributed by atoms with Gasteiger partial charge in [0.1, 0.15) is 11.5 Å². The van der Waals surface area contributed by atoms with Crippen LogP contribution in [0.15, 0.2) is 33.8 Å². The van der Waals surface area contributed by atoms with Crippen molar-refractivity contribution >= 4 is 34.3 Å². The predicted molar refractivity (Wildman–Crippen MR) is 122 cm³/mol. The van der Waals surface area contributed by atoms with Gasteiger partial charge in [0.05, 0.1) is 5.01 Å². The molecule has 3 N–H and O–H groups in total. The quantitative estimate of drug-likeness (QED) is 0.337. The zero-order valence-corrected chi connectivity index (χ0v) is 19.5. The molecule has 5 nitrogen and oxygen atoms in total. The number of thiazole rings is 1. The van der Waals surface area contributed by atoms with Crippen LogP contribution in [-0.2, 0) is 4.79 Å². The van der Waals surface area contributed by atoms with Crippen molar-refractivity contribution < 1.29 is 18.7 Å². The number of hydrogen-bond acceptors (Lipinski definition) is 5. The Morgan fingerprint density at radius 2 is 1.74 bits per heavy atom. The summed E-state index contributed by atoms with van der Waals surface area (Å²) in [5.74, 6) is -0.512. The number of aryl methyl sites for hydroxylation is 3. The number of nitrogens with two attached hydrogens (primary N) is 1. The van der Waals surface area contributed by atoms with Gasteiger partial charge in [-0.1, -0.05) is 6.07 Å². The first-order valence-electron chi connectivity index (χ1n) is 9.65. The fraction of sp³-hybridized carbons (Fsp3) is 0.348. The number of aromatic nitrogens is 1. The summed E-state index contributed by atoms with van der Waals surface area (Å²) in [7, 11) is 0. The normalized spacial score (nSPS) is 13.9. The number of halogens is 2. The number of primary amides is 1. The van der Waals surface area contributed by atoms with Crippen LogP contribution in [0.25, 0.3) is 5.57 Å². The number of phenolic OH excluding ortho intramolecular Hbond substituents is 1. The first-order chi connectivity index (χ1) is 14.4. The summed E-state index contributed by atoms with van der Waals surface area (Å²) in [6.07, 6.45) is -2.92. The maximum Gasteiger partial charge on any atom is 0.280 e. The number of rotatable bonds is 6. The maximum atomic E-state index is 14.0. The summed E-state index contributed by atoms with van der Waals surface area (Å²) in [5, 5.41) is 10.8. The summed E-state index contributed by atoms with van der Waals surface area (Å²) in [4.78, 5) is 21.4. The summed E-state index contributed by atoms with van der Waals surface area (Å²) >= 11 is 1.36. The molecule has 0 saturated heterocycles. The zero-order chi connectivity index (χ0) is 23.6. The standard InChI is InChI=1S/C23H27F2N3O2S/c1-10-8-9-17(29)13(4)18(10)11(2)12(3)19(22(26)30)14(5)20(21(24)25)28-23-15(6)31-16(7)27-23/h8-9,21,29H,1-7H3,(H2,26,30)/b12-11+,19-14-,28-20+. The summed E-state index contributed by atoms with van der Waals surface area (Å²) < 4.78 is 28.0. The van der Waals surface area contributed by atoms with E-state index in [4.69, 9.17) is 5.73 Å². The van der Waals surface area contributed by atoms with Gasteiger partial charge in [0.25, 0.3) is 6.43 Å². The second-order valence-corrected chi connectivity index (χ2v) is 8.83. The van der Waals surface area contributed by atoms with Crippen LogP contribution in [-0.4, -0.2) is 28.1 Å². The molecule has 0 aliphatic carbocycles. The fourth-order valence-corrected chi connectivity index (χ4v) is 4.36. The number of hydrogen-bond donors (Lipinski definition) is 2. The lowest BCUT2D eigenvalue weighted by Gasteiger charge is -2.18. The van der Waals surface area contributed by atoms with Gasteiger partial charge < -0.3 is 10.8 Å². The van der Waals surface area contributed by atoms with Crippen molar-refractivity contribution in [2.45, 2.75) is 54.9 Å². The Kier molecular flexibility index (Phi) is 7.49. The molecule has 0 fully saturated rings. The van der Waals surface area contributed by atoms with E-state index < -0.39 is 18.0 Å².